The van der Waals surface area contributed by atoms with E-state index in [4.69, 9.17) is 5.73 Å². The van der Waals surface area contributed by atoms with Gasteiger partial charge in [-0.3, -0.25) is 4.98 Å². The summed E-state index contributed by atoms with van der Waals surface area (Å²) >= 11 is 0. The first-order valence-corrected chi connectivity index (χ1v) is 7.40. The van der Waals surface area contributed by atoms with Crippen molar-refractivity contribution in [2.75, 3.05) is 12.3 Å². The summed E-state index contributed by atoms with van der Waals surface area (Å²) in [4.78, 5) is 3.81. The smallest absolute Gasteiger partial charge is 0.242 e. The SMILES string of the molecule is Nc1ccc(C(O)CNS(=O)(=O)c2cccnc2)cc1. The molecule has 0 bridgehead atoms. The minimum Gasteiger partial charge on any atom is -0.399 e. The first kappa shape index (κ1) is 14.4. The fourth-order valence-electron chi connectivity index (χ4n) is 1.61. The molecule has 0 radical (unpaired) electrons. The number of sulfonamides is 1. The average molecular weight is 293 g/mol. The highest BCUT2D eigenvalue weighted by Gasteiger charge is 2.16. The van der Waals surface area contributed by atoms with Crippen LogP contribution < -0.4 is 10.5 Å². The number of aliphatic hydroxyl groups is 1. The first-order valence-electron chi connectivity index (χ1n) is 5.92. The molecule has 1 aromatic carbocycles. The standard InChI is InChI=1S/C13H15N3O3S/c14-11-5-3-10(4-6-11)13(17)9-16-20(18,19)12-2-1-7-15-8-12/h1-8,13,16-17H,9,14H2. The third-order valence-corrected chi connectivity index (χ3v) is 4.14. The van der Waals surface area contributed by atoms with E-state index in [1.165, 1.54) is 24.5 Å². The maximum absolute atomic E-state index is 11.9. The second-order valence-corrected chi connectivity index (χ2v) is 5.99. The molecular weight excluding hydrogens is 278 g/mol. The lowest BCUT2D eigenvalue weighted by Crippen LogP contribution is -2.28. The van der Waals surface area contributed by atoms with Crippen LogP contribution in [-0.2, 0) is 10.0 Å². The largest absolute Gasteiger partial charge is 0.399 e. The van der Waals surface area contributed by atoms with Gasteiger partial charge in [0.25, 0.3) is 0 Å². The van der Waals surface area contributed by atoms with Crippen LogP contribution in [0.1, 0.15) is 11.7 Å². The first-order chi connectivity index (χ1) is 9.49. The quantitative estimate of drug-likeness (QED) is 0.703. The van der Waals surface area contributed by atoms with Crippen LogP contribution in [0.3, 0.4) is 0 Å². The minimum absolute atomic E-state index is 0.0597. The summed E-state index contributed by atoms with van der Waals surface area (Å²) in [7, 11) is -3.67. The van der Waals surface area contributed by atoms with E-state index in [1.54, 1.807) is 24.3 Å². The van der Waals surface area contributed by atoms with E-state index in [1.807, 2.05) is 0 Å². The molecule has 4 N–H and O–H groups in total. The zero-order valence-corrected chi connectivity index (χ0v) is 11.4. The second kappa shape index (κ2) is 6.00. The topological polar surface area (TPSA) is 105 Å². The molecule has 1 unspecified atom stereocenters. The molecule has 0 spiro atoms. The molecule has 7 heteroatoms. The molecule has 1 heterocycles. The van der Waals surface area contributed by atoms with Crippen molar-refractivity contribution in [3.05, 3.63) is 54.4 Å². The lowest BCUT2D eigenvalue weighted by atomic mass is 10.1. The number of nitrogens with one attached hydrogen (secondary N) is 1. The fourth-order valence-corrected chi connectivity index (χ4v) is 2.62. The van der Waals surface area contributed by atoms with Gasteiger partial charge in [0, 0.05) is 24.6 Å². The lowest BCUT2D eigenvalue weighted by molar-refractivity contribution is 0.182. The molecule has 2 rings (SSSR count). The number of nitrogens with zero attached hydrogens (tertiary/aromatic N) is 1. The average Bonchev–Trinajstić information content (AvgIpc) is 2.46. The van der Waals surface area contributed by atoms with Crippen molar-refractivity contribution in [2.45, 2.75) is 11.0 Å². The molecule has 106 valence electrons. The van der Waals surface area contributed by atoms with Crippen LogP contribution in [0.25, 0.3) is 0 Å². The highest BCUT2D eigenvalue weighted by atomic mass is 32.2. The predicted molar refractivity (Wildman–Crippen MR) is 75.2 cm³/mol. The van der Waals surface area contributed by atoms with Crippen LogP contribution in [0.4, 0.5) is 5.69 Å². The number of nitrogen functional groups attached to an aromatic ring is 1. The number of pyridine rings is 1. The van der Waals surface area contributed by atoms with E-state index in [0.717, 1.165) is 0 Å². The Morgan fingerprint density at radius 3 is 2.55 bits per heavy atom. The third kappa shape index (κ3) is 3.53. The van der Waals surface area contributed by atoms with E-state index >= 15 is 0 Å². The molecule has 1 aromatic heterocycles. The molecule has 1 atom stereocenters. The van der Waals surface area contributed by atoms with Crippen LogP contribution in [0.2, 0.25) is 0 Å². The highest BCUT2D eigenvalue weighted by molar-refractivity contribution is 7.89. The van der Waals surface area contributed by atoms with Gasteiger partial charge in [0.05, 0.1) is 6.10 Å². The summed E-state index contributed by atoms with van der Waals surface area (Å²) in [5.41, 5.74) is 6.72. The van der Waals surface area contributed by atoms with Gasteiger partial charge in [-0.15, -0.1) is 0 Å². The van der Waals surface area contributed by atoms with Crippen LogP contribution in [0.15, 0.2) is 53.7 Å². The van der Waals surface area contributed by atoms with Crippen LogP contribution in [0.5, 0.6) is 0 Å². The Hall–Kier alpha value is -1.96. The molecule has 20 heavy (non-hydrogen) atoms. The van der Waals surface area contributed by atoms with Gasteiger partial charge in [0.15, 0.2) is 0 Å². The molecule has 0 aliphatic heterocycles. The minimum atomic E-state index is -3.67. The van der Waals surface area contributed by atoms with Crippen LogP contribution in [-0.4, -0.2) is 25.1 Å². The molecule has 0 aliphatic carbocycles. The molecule has 2 aromatic rings. The third-order valence-electron chi connectivity index (χ3n) is 2.73. The van der Waals surface area contributed by atoms with Crippen molar-refractivity contribution in [2.24, 2.45) is 0 Å². The van der Waals surface area contributed by atoms with Crippen molar-refractivity contribution in [3.8, 4) is 0 Å². The number of aromatic nitrogens is 1. The Balaban J connectivity index is 2.03. The summed E-state index contributed by atoms with van der Waals surface area (Å²) in [5.74, 6) is 0. The number of anilines is 1. The van der Waals surface area contributed by atoms with Gasteiger partial charge in [-0.05, 0) is 29.8 Å². The molecular formula is C13H15N3O3S. The highest BCUT2D eigenvalue weighted by Crippen LogP contribution is 2.15. The summed E-state index contributed by atoms with van der Waals surface area (Å²) < 4.78 is 26.2. The number of aliphatic hydroxyl groups excluding tert-OH is 1. The van der Waals surface area contributed by atoms with E-state index < -0.39 is 16.1 Å². The zero-order chi connectivity index (χ0) is 14.6. The molecule has 0 aliphatic rings. The Kier molecular flexibility index (Phi) is 4.33. The number of nitrogens with two attached hydrogens (primary N) is 1. The summed E-state index contributed by atoms with van der Waals surface area (Å²) in [6, 6.07) is 9.56. The van der Waals surface area contributed by atoms with Gasteiger partial charge >= 0.3 is 0 Å². The Morgan fingerprint density at radius 1 is 1.25 bits per heavy atom. The van der Waals surface area contributed by atoms with Gasteiger partial charge in [0.1, 0.15) is 4.90 Å². The molecule has 0 amide bonds. The summed E-state index contributed by atoms with van der Waals surface area (Å²) in [6.45, 7) is -0.124. The van der Waals surface area contributed by atoms with E-state index in [2.05, 4.69) is 9.71 Å². The normalized spacial score (nSPS) is 13.1. The summed E-state index contributed by atoms with van der Waals surface area (Å²) in [6.07, 6.45) is 1.79. The lowest BCUT2D eigenvalue weighted by Gasteiger charge is -2.12. The van der Waals surface area contributed by atoms with E-state index in [9.17, 15) is 13.5 Å². The van der Waals surface area contributed by atoms with E-state index in [-0.39, 0.29) is 11.4 Å². The zero-order valence-electron chi connectivity index (χ0n) is 10.6. The van der Waals surface area contributed by atoms with Crippen molar-refractivity contribution in [1.29, 1.82) is 0 Å². The molecule has 6 nitrogen and oxygen atoms in total. The molecule has 0 saturated carbocycles. The number of hydrogen-bond acceptors (Lipinski definition) is 5. The molecule has 0 saturated heterocycles. The second-order valence-electron chi connectivity index (χ2n) is 4.22. The number of benzene rings is 1. The number of hydrogen-bond donors (Lipinski definition) is 3. The maximum Gasteiger partial charge on any atom is 0.242 e. The summed E-state index contributed by atoms with van der Waals surface area (Å²) in [5, 5.41) is 9.94. The molecule has 0 fully saturated rings. The van der Waals surface area contributed by atoms with Gasteiger partial charge in [0.2, 0.25) is 10.0 Å². The predicted octanol–water partition coefficient (Wildman–Crippen LogP) is 0.676. The maximum atomic E-state index is 11.9. The van der Waals surface area contributed by atoms with Crippen molar-refractivity contribution in [1.82, 2.24) is 9.71 Å². The van der Waals surface area contributed by atoms with Crippen LogP contribution >= 0.6 is 0 Å². The number of rotatable bonds is 5. The van der Waals surface area contributed by atoms with Gasteiger partial charge in [-0.2, -0.15) is 0 Å². The van der Waals surface area contributed by atoms with Crippen molar-refractivity contribution < 1.29 is 13.5 Å². The van der Waals surface area contributed by atoms with Gasteiger partial charge < -0.3 is 10.8 Å². The van der Waals surface area contributed by atoms with Crippen molar-refractivity contribution >= 4 is 15.7 Å². The van der Waals surface area contributed by atoms with Gasteiger partial charge in [-0.1, -0.05) is 12.1 Å². The fraction of sp³-hybridized carbons (Fsp3) is 0.154. The van der Waals surface area contributed by atoms with Crippen molar-refractivity contribution in [3.63, 3.8) is 0 Å². The monoisotopic (exact) mass is 293 g/mol. The van der Waals surface area contributed by atoms with E-state index in [0.29, 0.717) is 11.3 Å². The van der Waals surface area contributed by atoms with Crippen LogP contribution in [0, 0.1) is 0 Å². The van der Waals surface area contributed by atoms with Gasteiger partial charge in [-0.25, -0.2) is 13.1 Å². The Morgan fingerprint density at radius 2 is 1.95 bits per heavy atom. The Bertz CT molecular complexity index is 657. The Labute approximate surface area is 117 Å².